The molecule has 1 aromatic heterocycles. The Labute approximate surface area is 108 Å². The van der Waals surface area contributed by atoms with Crippen LogP contribution in [0.25, 0.3) is 0 Å². The lowest BCUT2D eigenvalue weighted by atomic mass is 9.95. The lowest BCUT2D eigenvalue weighted by molar-refractivity contribution is 0.0636. The zero-order valence-electron chi connectivity index (χ0n) is 10.8. The minimum absolute atomic E-state index is 0.648. The second kappa shape index (κ2) is 5.69. The summed E-state index contributed by atoms with van der Waals surface area (Å²) >= 11 is 0. The van der Waals surface area contributed by atoms with Crippen molar-refractivity contribution in [2.45, 2.75) is 44.4 Å². The zero-order chi connectivity index (χ0) is 12.2. The van der Waals surface area contributed by atoms with Gasteiger partial charge < -0.3 is 10.1 Å². The first kappa shape index (κ1) is 12.0. The van der Waals surface area contributed by atoms with Crippen molar-refractivity contribution in [3.05, 3.63) is 5.82 Å². The molecule has 1 saturated carbocycles. The third kappa shape index (κ3) is 3.22. The van der Waals surface area contributed by atoms with Crippen molar-refractivity contribution in [1.82, 2.24) is 15.2 Å². The van der Waals surface area contributed by atoms with E-state index in [4.69, 9.17) is 4.74 Å². The van der Waals surface area contributed by atoms with Gasteiger partial charge in [0.05, 0.1) is 0 Å². The van der Waals surface area contributed by atoms with Gasteiger partial charge in [0.1, 0.15) is 5.82 Å². The van der Waals surface area contributed by atoms with Gasteiger partial charge in [-0.3, -0.25) is 5.10 Å². The van der Waals surface area contributed by atoms with Crippen LogP contribution in [0, 0.1) is 5.92 Å². The van der Waals surface area contributed by atoms with Crippen LogP contribution in [0.2, 0.25) is 0 Å². The summed E-state index contributed by atoms with van der Waals surface area (Å²) in [5.41, 5.74) is 0. The predicted octanol–water partition coefficient (Wildman–Crippen LogP) is 2.30. The van der Waals surface area contributed by atoms with Crippen molar-refractivity contribution in [3.8, 4) is 0 Å². The summed E-state index contributed by atoms with van der Waals surface area (Å²) in [6.45, 7) is 2.87. The van der Waals surface area contributed by atoms with E-state index in [0.29, 0.717) is 5.92 Å². The van der Waals surface area contributed by atoms with Gasteiger partial charge in [-0.15, -0.1) is 5.10 Å². The molecule has 0 atom stereocenters. The first-order valence-electron chi connectivity index (χ1n) is 7.16. The number of H-pyrrole nitrogens is 1. The first-order chi connectivity index (χ1) is 8.92. The number of rotatable bonds is 6. The first-order valence-corrected chi connectivity index (χ1v) is 7.16. The molecule has 0 aromatic carbocycles. The fourth-order valence-corrected chi connectivity index (χ4v) is 2.52. The average molecular weight is 250 g/mol. The fourth-order valence-electron chi connectivity index (χ4n) is 2.52. The Balaban J connectivity index is 1.33. The highest BCUT2D eigenvalue weighted by Gasteiger charge is 2.27. The molecule has 0 radical (unpaired) electrons. The van der Waals surface area contributed by atoms with Crippen molar-refractivity contribution in [2.24, 2.45) is 5.92 Å². The van der Waals surface area contributed by atoms with Crippen LogP contribution in [-0.4, -0.2) is 34.9 Å². The predicted molar refractivity (Wildman–Crippen MR) is 69.6 cm³/mol. The molecule has 2 aliphatic rings. The Morgan fingerprint density at radius 2 is 2.06 bits per heavy atom. The third-order valence-electron chi connectivity index (χ3n) is 3.88. The van der Waals surface area contributed by atoms with Crippen LogP contribution in [0.5, 0.6) is 0 Å². The monoisotopic (exact) mass is 250 g/mol. The number of hydrogen-bond donors (Lipinski definition) is 2. The van der Waals surface area contributed by atoms with Gasteiger partial charge in [0.2, 0.25) is 5.95 Å². The molecular formula is C13H22N4O. The summed E-state index contributed by atoms with van der Waals surface area (Å²) < 4.78 is 5.37. The van der Waals surface area contributed by atoms with Gasteiger partial charge in [-0.2, -0.15) is 4.98 Å². The minimum atomic E-state index is 0.648. The van der Waals surface area contributed by atoms with Crippen molar-refractivity contribution in [1.29, 1.82) is 0 Å². The van der Waals surface area contributed by atoms with E-state index in [2.05, 4.69) is 20.5 Å². The Hall–Kier alpha value is -1.10. The van der Waals surface area contributed by atoms with Crippen LogP contribution < -0.4 is 5.32 Å². The lowest BCUT2D eigenvalue weighted by Gasteiger charge is -2.21. The second-order valence-corrected chi connectivity index (χ2v) is 5.44. The van der Waals surface area contributed by atoms with Gasteiger partial charge in [0.25, 0.3) is 0 Å². The number of anilines is 1. The van der Waals surface area contributed by atoms with Crippen LogP contribution in [0.15, 0.2) is 0 Å². The summed E-state index contributed by atoms with van der Waals surface area (Å²) in [4.78, 5) is 4.46. The van der Waals surface area contributed by atoms with E-state index in [1.165, 1.54) is 38.5 Å². The number of aromatic amines is 1. The summed E-state index contributed by atoms with van der Waals surface area (Å²) in [5, 5.41) is 10.5. The quantitative estimate of drug-likeness (QED) is 0.760. The average Bonchev–Trinajstić information content (AvgIpc) is 3.16. The number of ether oxygens (including phenoxy) is 1. The van der Waals surface area contributed by atoms with E-state index in [1.54, 1.807) is 0 Å². The molecule has 1 saturated heterocycles. The zero-order valence-corrected chi connectivity index (χ0v) is 10.8. The fraction of sp³-hybridized carbons (Fsp3) is 0.846. The highest BCUT2D eigenvalue weighted by atomic mass is 16.5. The van der Waals surface area contributed by atoms with Gasteiger partial charge in [-0.1, -0.05) is 0 Å². The molecule has 5 nitrogen and oxygen atoms in total. The van der Waals surface area contributed by atoms with Crippen molar-refractivity contribution in [3.63, 3.8) is 0 Å². The summed E-state index contributed by atoms with van der Waals surface area (Å²) in [6, 6.07) is 0. The molecule has 1 aliphatic carbocycles. The summed E-state index contributed by atoms with van der Waals surface area (Å²) in [5.74, 6) is 3.33. The molecule has 3 rings (SSSR count). The normalized spacial score (nSPS) is 21.1. The van der Waals surface area contributed by atoms with Crippen LogP contribution >= 0.6 is 0 Å². The Kier molecular flexibility index (Phi) is 3.78. The third-order valence-corrected chi connectivity index (χ3v) is 3.88. The topological polar surface area (TPSA) is 62.8 Å². The van der Waals surface area contributed by atoms with Crippen molar-refractivity contribution < 1.29 is 4.74 Å². The molecular weight excluding hydrogens is 228 g/mol. The summed E-state index contributed by atoms with van der Waals surface area (Å²) in [6.07, 6.45) is 7.46. The van der Waals surface area contributed by atoms with E-state index in [-0.39, 0.29) is 0 Å². The Bertz CT molecular complexity index is 369. The number of hydrogen-bond acceptors (Lipinski definition) is 4. The Morgan fingerprint density at radius 1 is 1.22 bits per heavy atom. The van der Waals surface area contributed by atoms with E-state index < -0.39 is 0 Å². The molecule has 18 heavy (non-hydrogen) atoms. The highest BCUT2D eigenvalue weighted by molar-refractivity contribution is 5.24. The van der Waals surface area contributed by atoms with E-state index >= 15 is 0 Å². The van der Waals surface area contributed by atoms with E-state index in [9.17, 15) is 0 Å². The summed E-state index contributed by atoms with van der Waals surface area (Å²) in [7, 11) is 0. The SMILES string of the molecule is C(CNc1n[nH]c(C2CC2)n1)CC1CCOCC1. The second-order valence-electron chi connectivity index (χ2n) is 5.44. The van der Waals surface area contributed by atoms with Gasteiger partial charge >= 0.3 is 0 Å². The van der Waals surface area contributed by atoms with Crippen LogP contribution in [0.3, 0.4) is 0 Å². The number of aromatic nitrogens is 3. The molecule has 1 aliphatic heterocycles. The number of nitrogens with zero attached hydrogens (tertiary/aromatic N) is 2. The van der Waals surface area contributed by atoms with Gasteiger partial charge in [0, 0.05) is 25.7 Å². The Morgan fingerprint density at radius 3 is 2.83 bits per heavy atom. The maximum atomic E-state index is 5.37. The van der Waals surface area contributed by atoms with Gasteiger partial charge in [-0.05, 0) is 44.4 Å². The van der Waals surface area contributed by atoms with Crippen LogP contribution in [0.1, 0.15) is 50.3 Å². The smallest absolute Gasteiger partial charge is 0.242 e. The number of nitrogens with one attached hydrogen (secondary N) is 2. The van der Waals surface area contributed by atoms with Gasteiger partial charge in [0.15, 0.2) is 0 Å². The molecule has 2 heterocycles. The molecule has 0 bridgehead atoms. The minimum Gasteiger partial charge on any atom is -0.381 e. The maximum absolute atomic E-state index is 5.37. The molecule has 0 unspecified atom stereocenters. The van der Waals surface area contributed by atoms with E-state index in [0.717, 1.165) is 37.4 Å². The highest BCUT2D eigenvalue weighted by Crippen LogP contribution is 2.38. The maximum Gasteiger partial charge on any atom is 0.242 e. The van der Waals surface area contributed by atoms with Crippen molar-refractivity contribution >= 4 is 5.95 Å². The largest absolute Gasteiger partial charge is 0.381 e. The van der Waals surface area contributed by atoms with Crippen molar-refractivity contribution in [2.75, 3.05) is 25.1 Å². The molecule has 100 valence electrons. The van der Waals surface area contributed by atoms with E-state index in [1.807, 2.05) is 0 Å². The molecule has 5 heteroatoms. The molecule has 2 fully saturated rings. The standard InChI is InChI=1S/C13H22N4O/c1(2-10-5-8-18-9-6-10)7-14-13-15-12(16-17-13)11-3-4-11/h10-11H,1-9H2,(H2,14,15,16,17). The molecule has 0 spiro atoms. The van der Waals surface area contributed by atoms with Gasteiger partial charge in [-0.25, -0.2) is 0 Å². The lowest BCUT2D eigenvalue weighted by Crippen LogP contribution is -2.16. The molecule has 1 aromatic rings. The van der Waals surface area contributed by atoms with Crippen LogP contribution in [-0.2, 0) is 4.74 Å². The molecule has 0 amide bonds. The molecule has 2 N–H and O–H groups in total. The van der Waals surface area contributed by atoms with Crippen LogP contribution in [0.4, 0.5) is 5.95 Å².